The van der Waals surface area contributed by atoms with Crippen LogP contribution in [0.2, 0.25) is 5.02 Å². The second kappa shape index (κ2) is 10.8. The first-order valence-corrected chi connectivity index (χ1v) is 14.3. The molecule has 3 aromatic carbocycles. The number of carbonyl (C=O) groups is 1. The van der Waals surface area contributed by atoms with Crippen molar-refractivity contribution in [2.45, 2.75) is 56.3 Å². The van der Waals surface area contributed by atoms with E-state index in [0.717, 1.165) is 18.4 Å². The summed E-state index contributed by atoms with van der Waals surface area (Å²) in [6.45, 7) is 2.23. The summed E-state index contributed by atoms with van der Waals surface area (Å²) in [4.78, 5) is 16.5. The van der Waals surface area contributed by atoms with Crippen molar-refractivity contribution in [3.8, 4) is 22.6 Å². The second-order valence-corrected chi connectivity index (χ2v) is 11.8. The molecule has 2 aliphatic rings. The van der Waals surface area contributed by atoms with Crippen molar-refractivity contribution < 1.29 is 23.4 Å². The average molecular weight is 593 g/mol. The molecule has 42 heavy (non-hydrogen) atoms. The number of carbonyl (C=O) groups excluding carboxylic acids is 1. The molecule has 1 aliphatic heterocycles. The van der Waals surface area contributed by atoms with E-state index >= 15 is 8.78 Å². The molecular weight excluding hydrogens is 562 g/mol. The fraction of sp³-hybridized carbons (Fsp3) is 0.312. The molecule has 1 aliphatic carbocycles. The Kier molecular flexibility index (Phi) is 7.29. The minimum absolute atomic E-state index is 0.0338. The van der Waals surface area contributed by atoms with Gasteiger partial charge in [0, 0.05) is 54.2 Å². The van der Waals surface area contributed by atoms with Crippen LogP contribution in [0.4, 0.5) is 8.78 Å². The number of rotatable bonds is 7. The number of hydrogen-bond acceptors (Lipinski definition) is 5. The summed E-state index contributed by atoms with van der Waals surface area (Å²) in [5, 5.41) is 13.7. The van der Waals surface area contributed by atoms with Crippen LogP contribution in [-0.2, 0) is 12.0 Å². The summed E-state index contributed by atoms with van der Waals surface area (Å²) in [6, 6.07) is 13.8. The summed E-state index contributed by atoms with van der Waals surface area (Å²) in [5.74, 6) is -2.26. The van der Waals surface area contributed by atoms with Crippen LogP contribution in [0.3, 0.4) is 0 Å². The first-order chi connectivity index (χ1) is 20.1. The number of primary amides is 1. The normalized spacial score (nSPS) is 23.4. The van der Waals surface area contributed by atoms with E-state index in [2.05, 4.69) is 10.3 Å². The maximum atomic E-state index is 16.4. The zero-order valence-corrected chi connectivity index (χ0v) is 23.8. The van der Waals surface area contributed by atoms with Gasteiger partial charge in [-0.05, 0) is 50.3 Å². The molecule has 0 saturated heterocycles. The Morgan fingerprint density at radius 1 is 1.19 bits per heavy atom. The average Bonchev–Trinajstić information content (AvgIpc) is 3.63. The molecular formula is C32H31ClF2N4O3. The lowest BCUT2D eigenvalue weighted by atomic mass is 9.82. The van der Waals surface area contributed by atoms with E-state index in [-0.39, 0.29) is 45.6 Å². The van der Waals surface area contributed by atoms with Crippen LogP contribution in [0.5, 0.6) is 5.75 Å². The van der Waals surface area contributed by atoms with Gasteiger partial charge in [-0.15, -0.1) is 0 Å². The van der Waals surface area contributed by atoms with Gasteiger partial charge in [-0.2, -0.15) is 0 Å². The second-order valence-electron chi connectivity index (χ2n) is 11.5. The van der Waals surface area contributed by atoms with Crippen LogP contribution in [0.15, 0.2) is 67.3 Å². The van der Waals surface area contributed by atoms with Gasteiger partial charge in [0.1, 0.15) is 11.6 Å². The van der Waals surface area contributed by atoms with Crippen LogP contribution in [0.1, 0.15) is 54.1 Å². The highest BCUT2D eigenvalue weighted by Crippen LogP contribution is 2.50. The molecule has 4 N–H and O–H groups in total. The molecule has 0 unspecified atom stereocenters. The Morgan fingerprint density at radius 3 is 2.60 bits per heavy atom. The number of nitrogens with zero attached hydrogens (tertiary/aromatic N) is 2. The highest BCUT2D eigenvalue weighted by molar-refractivity contribution is 6.34. The predicted molar refractivity (Wildman–Crippen MR) is 156 cm³/mol. The minimum Gasteiger partial charge on any atom is -0.480 e. The zero-order valence-electron chi connectivity index (χ0n) is 23.0. The number of aliphatic hydroxyl groups is 1. The van der Waals surface area contributed by atoms with Crippen LogP contribution in [0, 0.1) is 11.6 Å². The van der Waals surface area contributed by atoms with Gasteiger partial charge in [0.25, 0.3) is 0 Å². The first-order valence-electron chi connectivity index (χ1n) is 13.9. The van der Waals surface area contributed by atoms with E-state index in [1.165, 1.54) is 35.3 Å². The van der Waals surface area contributed by atoms with Crippen molar-refractivity contribution in [3.63, 3.8) is 0 Å². The molecule has 1 saturated carbocycles. The van der Waals surface area contributed by atoms with Crippen molar-refractivity contribution in [1.82, 2.24) is 14.9 Å². The largest absolute Gasteiger partial charge is 0.480 e. The quantitative estimate of drug-likeness (QED) is 0.256. The zero-order chi connectivity index (χ0) is 29.6. The number of ether oxygens (including phenoxy) is 1. The Morgan fingerprint density at radius 2 is 1.93 bits per heavy atom. The van der Waals surface area contributed by atoms with Crippen LogP contribution in [0.25, 0.3) is 16.8 Å². The number of amides is 1. The lowest BCUT2D eigenvalue weighted by molar-refractivity contribution is 0.0104. The van der Waals surface area contributed by atoms with Crippen LogP contribution in [-0.4, -0.2) is 38.8 Å². The number of hydrogen-bond donors (Lipinski definition) is 3. The molecule has 218 valence electrons. The van der Waals surface area contributed by atoms with Gasteiger partial charge in [0.15, 0.2) is 11.4 Å². The fourth-order valence-corrected chi connectivity index (χ4v) is 6.44. The molecule has 1 amide bonds. The highest BCUT2D eigenvalue weighted by Gasteiger charge is 2.44. The Balaban J connectivity index is 1.47. The minimum atomic E-state index is -0.971. The Hall–Kier alpha value is -3.79. The molecule has 0 spiro atoms. The van der Waals surface area contributed by atoms with Crippen molar-refractivity contribution >= 4 is 17.5 Å². The number of imidazole rings is 1. The van der Waals surface area contributed by atoms with E-state index in [0.29, 0.717) is 24.9 Å². The summed E-state index contributed by atoms with van der Waals surface area (Å²) in [6.07, 6.45) is 7.65. The van der Waals surface area contributed by atoms with Crippen molar-refractivity contribution in [1.29, 1.82) is 0 Å². The number of fused-ring (bicyclic) bond motifs is 1. The number of nitrogens with one attached hydrogen (secondary N) is 1. The number of aromatic nitrogens is 2. The van der Waals surface area contributed by atoms with E-state index < -0.39 is 28.7 Å². The molecule has 1 fully saturated rings. The third-order valence-corrected chi connectivity index (χ3v) is 8.88. The smallest absolute Gasteiger partial charge is 0.249 e. The summed E-state index contributed by atoms with van der Waals surface area (Å²) < 4.78 is 39.9. The molecule has 10 heteroatoms. The predicted octanol–water partition coefficient (Wildman–Crippen LogP) is 5.68. The standard InChI is InChI=1S/C32H31ClF2N4O3/c1-31(41)11-9-20(10-12-31)38-17-32(19-5-3-2-4-6-19)16-22-25(42-32)15-23(34)28(33)26(22)27-21(30(36)40)7-8-24(29(27)35)39-14-13-37-18-39/h2-8,13-15,18,20,38,41H,9-12,16-17H2,1H3,(H2,36,40)/t20?,31?,32-/m1/s1. The number of halogens is 3. The van der Waals surface area contributed by atoms with Crippen molar-refractivity contribution in [2.75, 3.05) is 6.54 Å². The summed E-state index contributed by atoms with van der Waals surface area (Å²) in [5.41, 5.74) is 5.19. The molecule has 7 nitrogen and oxygen atoms in total. The van der Waals surface area contributed by atoms with Gasteiger partial charge in [-0.3, -0.25) is 4.79 Å². The molecule has 1 atom stereocenters. The summed E-state index contributed by atoms with van der Waals surface area (Å²) >= 11 is 6.59. The number of nitrogens with two attached hydrogens (primary N) is 1. The monoisotopic (exact) mass is 592 g/mol. The van der Waals surface area contributed by atoms with E-state index in [1.54, 1.807) is 6.20 Å². The van der Waals surface area contributed by atoms with Crippen molar-refractivity contribution in [2.24, 2.45) is 5.73 Å². The van der Waals surface area contributed by atoms with Crippen LogP contribution >= 0.6 is 11.6 Å². The highest BCUT2D eigenvalue weighted by atomic mass is 35.5. The topological polar surface area (TPSA) is 102 Å². The van der Waals surface area contributed by atoms with E-state index in [4.69, 9.17) is 22.1 Å². The van der Waals surface area contributed by atoms with Crippen molar-refractivity contribution in [3.05, 3.63) is 101 Å². The molecule has 0 radical (unpaired) electrons. The van der Waals surface area contributed by atoms with E-state index in [9.17, 15) is 9.90 Å². The van der Waals surface area contributed by atoms with E-state index in [1.807, 2.05) is 37.3 Å². The Labute approximate surface area is 247 Å². The lowest BCUT2D eigenvalue weighted by Crippen LogP contribution is -2.48. The van der Waals surface area contributed by atoms with Gasteiger partial charge >= 0.3 is 0 Å². The molecule has 0 bridgehead atoms. The lowest BCUT2D eigenvalue weighted by Gasteiger charge is -2.36. The molecule has 4 aromatic rings. The van der Waals surface area contributed by atoms with Gasteiger partial charge in [0.2, 0.25) is 5.91 Å². The van der Waals surface area contributed by atoms with Crippen LogP contribution < -0.4 is 15.8 Å². The maximum Gasteiger partial charge on any atom is 0.249 e. The third kappa shape index (κ3) is 5.06. The number of benzene rings is 3. The van der Waals surface area contributed by atoms with Gasteiger partial charge in [0.05, 0.1) is 28.2 Å². The maximum absolute atomic E-state index is 16.4. The SMILES string of the molecule is CC1(O)CCC(NC[C@@]2(c3ccccc3)Cc3c(cc(F)c(Cl)c3-c3c(C(N)=O)ccc(-n4ccnc4)c3F)O2)CC1. The third-order valence-electron chi connectivity index (χ3n) is 8.51. The van der Waals surface area contributed by atoms with Gasteiger partial charge in [-0.25, -0.2) is 13.8 Å². The fourth-order valence-electron chi connectivity index (χ4n) is 6.17. The molecule has 6 rings (SSSR count). The molecule has 1 aromatic heterocycles. The molecule has 2 heterocycles. The Bertz CT molecular complexity index is 1640. The van der Waals surface area contributed by atoms with Gasteiger partial charge in [-0.1, -0.05) is 41.9 Å². The van der Waals surface area contributed by atoms with Gasteiger partial charge < -0.3 is 25.5 Å². The first kappa shape index (κ1) is 28.3. The summed E-state index contributed by atoms with van der Waals surface area (Å²) in [7, 11) is 0.